The Labute approximate surface area is 107 Å². The highest BCUT2D eigenvalue weighted by Crippen LogP contribution is 2.17. The van der Waals surface area contributed by atoms with E-state index in [1.54, 1.807) is 0 Å². The van der Waals surface area contributed by atoms with Gasteiger partial charge in [0.2, 0.25) is 0 Å². The predicted molar refractivity (Wildman–Crippen MR) is 75.0 cm³/mol. The first-order valence-corrected chi connectivity index (χ1v) is 7.12. The van der Waals surface area contributed by atoms with Crippen molar-refractivity contribution in [2.75, 3.05) is 26.2 Å². The molecule has 0 spiro atoms. The van der Waals surface area contributed by atoms with Crippen LogP contribution in [-0.4, -0.2) is 37.1 Å². The highest BCUT2D eigenvalue weighted by molar-refractivity contribution is 4.85. The predicted octanol–water partition coefficient (Wildman–Crippen LogP) is 2.50. The van der Waals surface area contributed by atoms with Crippen molar-refractivity contribution < 1.29 is 0 Å². The zero-order valence-electron chi connectivity index (χ0n) is 11.5. The largest absolute Gasteiger partial charge is 0.315 e. The molecule has 1 saturated heterocycles. The lowest BCUT2D eigenvalue weighted by Gasteiger charge is -2.36. The third kappa shape index (κ3) is 6.10. The van der Waals surface area contributed by atoms with Crippen molar-refractivity contribution in [2.24, 2.45) is 5.92 Å². The van der Waals surface area contributed by atoms with Crippen molar-refractivity contribution in [3.63, 3.8) is 0 Å². The average molecular weight is 236 g/mol. The number of nitrogens with one attached hydrogen (secondary N) is 1. The van der Waals surface area contributed by atoms with Gasteiger partial charge in [-0.25, -0.2) is 0 Å². The molecule has 1 atom stereocenters. The van der Waals surface area contributed by atoms with Crippen molar-refractivity contribution in [2.45, 2.75) is 52.0 Å². The zero-order chi connectivity index (χ0) is 12.5. The quantitative estimate of drug-likeness (QED) is 0.540. The van der Waals surface area contributed by atoms with Crippen LogP contribution < -0.4 is 5.32 Å². The van der Waals surface area contributed by atoms with Gasteiger partial charge >= 0.3 is 0 Å². The molecule has 2 nitrogen and oxygen atoms in total. The number of unbranched alkanes of at least 4 members (excludes halogenated alkanes) is 1. The van der Waals surface area contributed by atoms with Gasteiger partial charge in [-0.3, -0.25) is 4.90 Å². The standard InChI is InChI=1S/C15H28N2/c1-4-5-7-10-17-11-8-6-9-15(17)13-16-12-14(2)3/h1,14-16H,5-13H2,2-3H3. The van der Waals surface area contributed by atoms with Crippen LogP contribution in [0.3, 0.4) is 0 Å². The lowest BCUT2D eigenvalue weighted by atomic mass is 10.0. The van der Waals surface area contributed by atoms with E-state index in [1.807, 2.05) is 0 Å². The van der Waals surface area contributed by atoms with Gasteiger partial charge in [-0.15, -0.1) is 12.3 Å². The van der Waals surface area contributed by atoms with Crippen LogP contribution in [0, 0.1) is 18.3 Å². The summed E-state index contributed by atoms with van der Waals surface area (Å²) in [6, 6.07) is 0.736. The maximum Gasteiger partial charge on any atom is 0.0220 e. The number of hydrogen-bond donors (Lipinski definition) is 1. The summed E-state index contributed by atoms with van der Waals surface area (Å²) in [5, 5.41) is 3.59. The Balaban J connectivity index is 2.24. The molecule has 1 heterocycles. The van der Waals surface area contributed by atoms with Gasteiger partial charge in [0.1, 0.15) is 0 Å². The second-order valence-electron chi connectivity index (χ2n) is 5.55. The summed E-state index contributed by atoms with van der Waals surface area (Å²) < 4.78 is 0. The maximum atomic E-state index is 5.31. The Kier molecular flexibility index (Phi) is 7.32. The molecular formula is C15H28N2. The first kappa shape index (κ1) is 14.5. The van der Waals surface area contributed by atoms with E-state index in [4.69, 9.17) is 6.42 Å². The normalized spacial score (nSPS) is 21.6. The molecule has 1 aliphatic heterocycles. The minimum atomic E-state index is 0.736. The monoisotopic (exact) mass is 236 g/mol. The number of terminal acetylenes is 1. The van der Waals surface area contributed by atoms with E-state index < -0.39 is 0 Å². The van der Waals surface area contributed by atoms with Crippen molar-refractivity contribution in [1.82, 2.24) is 10.2 Å². The minimum absolute atomic E-state index is 0.736. The molecule has 0 saturated carbocycles. The summed E-state index contributed by atoms with van der Waals surface area (Å²) >= 11 is 0. The number of nitrogens with zero attached hydrogens (tertiary/aromatic N) is 1. The van der Waals surface area contributed by atoms with E-state index in [0.717, 1.165) is 37.9 Å². The van der Waals surface area contributed by atoms with Gasteiger partial charge < -0.3 is 5.32 Å². The van der Waals surface area contributed by atoms with Gasteiger partial charge in [0.25, 0.3) is 0 Å². The van der Waals surface area contributed by atoms with Crippen molar-refractivity contribution in [3.8, 4) is 12.3 Å². The van der Waals surface area contributed by atoms with E-state index in [9.17, 15) is 0 Å². The van der Waals surface area contributed by atoms with Crippen LogP contribution in [0.15, 0.2) is 0 Å². The Bertz CT molecular complexity index is 230. The molecule has 1 unspecified atom stereocenters. The number of rotatable bonds is 7. The minimum Gasteiger partial charge on any atom is -0.315 e. The molecular weight excluding hydrogens is 208 g/mol. The summed E-state index contributed by atoms with van der Waals surface area (Å²) in [6.45, 7) is 9.25. The second kappa shape index (κ2) is 8.55. The summed E-state index contributed by atoms with van der Waals surface area (Å²) in [5.74, 6) is 3.48. The lowest BCUT2D eigenvalue weighted by molar-refractivity contribution is 0.143. The zero-order valence-corrected chi connectivity index (χ0v) is 11.5. The Morgan fingerprint density at radius 2 is 2.24 bits per heavy atom. The van der Waals surface area contributed by atoms with Crippen LogP contribution in [0.5, 0.6) is 0 Å². The topological polar surface area (TPSA) is 15.3 Å². The fraction of sp³-hybridized carbons (Fsp3) is 0.867. The van der Waals surface area contributed by atoms with Crippen LogP contribution in [0.4, 0.5) is 0 Å². The number of hydrogen-bond acceptors (Lipinski definition) is 2. The molecule has 1 rings (SSSR count). The Hall–Kier alpha value is -0.520. The maximum absolute atomic E-state index is 5.31. The Morgan fingerprint density at radius 3 is 2.94 bits per heavy atom. The molecule has 0 aromatic rings. The van der Waals surface area contributed by atoms with Gasteiger partial charge in [0.15, 0.2) is 0 Å². The number of likely N-dealkylation sites (tertiary alicyclic amines) is 1. The van der Waals surface area contributed by atoms with Crippen molar-refractivity contribution >= 4 is 0 Å². The SMILES string of the molecule is C#CCCCN1CCCCC1CNCC(C)C. The molecule has 0 aromatic carbocycles. The third-order valence-corrected chi connectivity index (χ3v) is 3.45. The highest BCUT2D eigenvalue weighted by Gasteiger charge is 2.21. The van der Waals surface area contributed by atoms with E-state index in [1.165, 1.54) is 32.4 Å². The Morgan fingerprint density at radius 1 is 1.41 bits per heavy atom. The van der Waals surface area contributed by atoms with E-state index in [2.05, 4.69) is 30.0 Å². The van der Waals surface area contributed by atoms with Crippen LogP contribution in [0.1, 0.15) is 46.0 Å². The van der Waals surface area contributed by atoms with Gasteiger partial charge in [0, 0.05) is 19.0 Å². The smallest absolute Gasteiger partial charge is 0.0220 e. The molecule has 2 heteroatoms. The van der Waals surface area contributed by atoms with Crippen LogP contribution in [0.25, 0.3) is 0 Å². The molecule has 0 bridgehead atoms. The molecule has 0 radical (unpaired) electrons. The van der Waals surface area contributed by atoms with E-state index in [-0.39, 0.29) is 0 Å². The van der Waals surface area contributed by atoms with Gasteiger partial charge in [-0.05, 0) is 44.8 Å². The summed E-state index contributed by atoms with van der Waals surface area (Å²) in [4.78, 5) is 2.63. The molecule has 0 amide bonds. The van der Waals surface area contributed by atoms with Crippen LogP contribution >= 0.6 is 0 Å². The second-order valence-corrected chi connectivity index (χ2v) is 5.55. The highest BCUT2D eigenvalue weighted by atomic mass is 15.2. The van der Waals surface area contributed by atoms with E-state index in [0.29, 0.717) is 0 Å². The van der Waals surface area contributed by atoms with E-state index >= 15 is 0 Å². The molecule has 1 fully saturated rings. The molecule has 1 N–H and O–H groups in total. The first-order chi connectivity index (χ1) is 8.24. The third-order valence-electron chi connectivity index (χ3n) is 3.45. The van der Waals surface area contributed by atoms with Gasteiger partial charge in [-0.1, -0.05) is 20.3 Å². The van der Waals surface area contributed by atoms with Crippen molar-refractivity contribution in [1.29, 1.82) is 0 Å². The molecule has 17 heavy (non-hydrogen) atoms. The van der Waals surface area contributed by atoms with Crippen LogP contribution in [-0.2, 0) is 0 Å². The fourth-order valence-corrected chi connectivity index (χ4v) is 2.51. The summed E-state index contributed by atoms with van der Waals surface area (Å²) in [5.41, 5.74) is 0. The molecule has 0 aliphatic carbocycles. The molecule has 98 valence electrons. The van der Waals surface area contributed by atoms with Gasteiger partial charge in [-0.2, -0.15) is 0 Å². The van der Waals surface area contributed by atoms with Crippen molar-refractivity contribution in [3.05, 3.63) is 0 Å². The fourth-order valence-electron chi connectivity index (χ4n) is 2.51. The molecule has 1 aliphatic rings. The average Bonchev–Trinajstić information content (AvgIpc) is 2.31. The summed E-state index contributed by atoms with van der Waals surface area (Å²) in [6.07, 6.45) is 11.5. The summed E-state index contributed by atoms with van der Waals surface area (Å²) in [7, 11) is 0. The van der Waals surface area contributed by atoms with Gasteiger partial charge in [0.05, 0.1) is 0 Å². The lowest BCUT2D eigenvalue weighted by Crippen LogP contribution is -2.46. The number of piperidine rings is 1. The molecule has 0 aromatic heterocycles. The van der Waals surface area contributed by atoms with Crippen LogP contribution in [0.2, 0.25) is 0 Å². The first-order valence-electron chi connectivity index (χ1n) is 7.12.